The van der Waals surface area contributed by atoms with Gasteiger partial charge in [-0.15, -0.1) is 0 Å². The summed E-state index contributed by atoms with van der Waals surface area (Å²) in [5.41, 5.74) is 0.877. The molecule has 0 aliphatic carbocycles. The first-order chi connectivity index (χ1) is 10.6. The lowest BCUT2D eigenvalue weighted by Crippen LogP contribution is -2.44. The number of amides is 1. The molecule has 1 aromatic rings. The quantitative estimate of drug-likeness (QED) is 0.838. The van der Waals surface area contributed by atoms with Crippen LogP contribution >= 0.6 is 11.6 Å². The predicted octanol–water partition coefficient (Wildman–Crippen LogP) is 3.96. The molecule has 3 rings (SSSR count). The van der Waals surface area contributed by atoms with E-state index in [0.717, 1.165) is 44.6 Å². The standard InChI is InChI=1S/C18H25ClN2O/c1-2-3-11-20-12-8-18(9-13-20)10-14-21(17(18)22)16-6-4-15(19)5-7-16/h4-7H,2-3,8-14H2,1H3. The minimum Gasteiger partial charge on any atom is -0.312 e. The van der Waals surface area contributed by atoms with Crippen molar-refractivity contribution in [2.75, 3.05) is 31.1 Å². The van der Waals surface area contributed by atoms with Crippen LogP contribution in [0, 0.1) is 5.41 Å². The number of rotatable bonds is 4. The molecule has 0 radical (unpaired) electrons. The minimum absolute atomic E-state index is 0.109. The molecule has 1 aromatic carbocycles. The molecule has 2 aliphatic rings. The molecule has 2 saturated heterocycles. The summed E-state index contributed by atoms with van der Waals surface area (Å²) in [5.74, 6) is 0.324. The number of piperidine rings is 1. The summed E-state index contributed by atoms with van der Waals surface area (Å²) in [6.45, 7) is 6.40. The van der Waals surface area contributed by atoms with Crippen molar-refractivity contribution in [1.82, 2.24) is 4.90 Å². The van der Waals surface area contributed by atoms with Gasteiger partial charge in [0, 0.05) is 17.3 Å². The lowest BCUT2D eigenvalue weighted by molar-refractivity contribution is -0.128. The predicted molar refractivity (Wildman–Crippen MR) is 91.4 cm³/mol. The van der Waals surface area contributed by atoms with Gasteiger partial charge in [-0.2, -0.15) is 0 Å². The van der Waals surface area contributed by atoms with Crippen molar-refractivity contribution < 1.29 is 4.79 Å². The van der Waals surface area contributed by atoms with E-state index < -0.39 is 0 Å². The molecule has 0 atom stereocenters. The number of carbonyl (C=O) groups excluding carboxylic acids is 1. The maximum Gasteiger partial charge on any atom is 0.233 e. The lowest BCUT2D eigenvalue weighted by atomic mass is 9.77. The van der Waals surface area contributed by atoms with Gasteiger partial charge in [0.2, 0.25) is 5.91 Å². The van der Waals surface area contributed by atoms with E-state index in [1.165, 1.54) is 19.4 Å². The Morgan fingerprint density at radius 3 is 2.36 bits per heavy atom. The fourth-order valence-corrected chi connectivity index (χ4v) is 3.86. The van der Waals surface area contributed by atoms with Crippen molar-refractivity contribution in [3.05, 3.63) is 29.3 Å². The first-order valence-electron chi connectivity index (χ1n) is 8.44. The highest BCUT2D eigenvalue weighted by atomic mass is 35.5. The normalized spacial score (nSPS) is 21.7. The van der Waals surface area contributed by atoms with Crippen molar-refractivity contribution in [2.45, 2.75) is 39.0 Å². The average Bonchev–Trinajstić information content (AvgIpc) is 2.85. The Kier molecular flexibility index (Phi) is 4.74. The Bertz CT molecular complexity index is 520. The van der Waals surface area contributed by atoms with Gasteiger partial charge in [0.1, 0.15) is 0 Å². The Morgan fingerprint density at radius 1 is 1.09 bits per heavy atom. The van der Waals surface area contributed by atoms with Gasteiger partial charge in [0.15, 0.2) is 0 Å². The summed E-state index contributed by atoms with van der Waals surface area (Å²) in [6, 6.07) is 7.64. The van der Waals surface area contributed by atoms with E-state index in [1.807, 2.05) is 29.2 Å². The molecule has 0 N–H and O–H groups in total. The molecular weight excluding hydrogens is 296 g/mol. The minimum atomic E-state index is -0.109. The summed E-state index contributed by atoms with van der Waals surface area (Å²) in [7, 11) is 0. The van der Waals surface area contributed by atoms with Crippen LogP contribution in [0.2, 0.25) is 5.02 Å². The number of nitrogens with zero attached hydrogens (tertiary/aromatic N) is 2. The third kappa shape index (κ3) is 3.02. The Labute approximate surface area is 138 Å². The Balaban J connectivity index is 1.65. The van der Waals surface area contributed by atoms with E-state index in [4.69, 9.17) is 11.6 Å². The van der Waals surface area contributed by atoms with Crippen LogP contribution in [0.4, 0.5) is 5.69 Å². The van der Waals surface area contributed by atoms with Gasteiger partial charge in [-0.25, -0.2) is 0 Å². The van der Waals surface area contributed by atoms with Crippen molar-refractivity contribution in [1.29, 1.82) is 0 Å². The zero-order valence-electron chi connectivity index (χ0n) is 13.4. The second kappa shape index (κ2) is 6.59. The Hall–Kier alpha value is -1.06. The van der Waals surface area contributed by atoms with Crippen molar-refractivity contribution in [3.63, 3.8) is 0 Å². The SMILES string of the molecule is CCCCN1CCC2(CC1)CCN(c1ccc(Cl)cc1)C2=O. The van der Waals surface area contributed by atoms with E-state index in [-0.39, 0.29) is 5.41 Å². The smallest absolute Gasteiger partial charge is 0.233 e. The van der Waals surface area contributed by atoms with Crippen LogP contribution in [0.5, 0.6) is 0 Å². The molecule has 0 bridgehead atoms. The van der Waals surface area contributed by atoms with Crippen molar-refractivity contribution in [2.24, 2.45) is 5.41 Å². The monoisotopic (exact) mass is 320 g/mol. The zero-order chi connectivity index (χ0) is 15.6. The molecule has 22 heavy (non-hydrogen) atoms. The van der Waals surface area contributed by atoms with Gasteiger partial charge < -0.3 is 9.80 Å². The van der Waals surface area contributed by atoms with Crippen LogP contribution in [0.1, 0.15) is 39.0 Å². The van der Waals surface area contributed by atoms with Crippen LogP contribution < -0.4 is 4.90 Å². The van der Waals surface area contributed by atoms with Crippen LogP contribution in [0.25, 0.3) is 0 Å². The lowest BCUT2D eigenvalue weighted by Gasteiger charge is -2.38. The zero-order valence-corrected chi connectivity index (χ0v) is 14.1. The molecule has 120 valence electrons. The molecule has 1 amide bonds. The first-order valence-corrected chi connectivity index (χ1v) is 8.82. The molecule has 2 heterocycles. The number of unbranched alkanes of at least 4 members (excludes halogenated alkanes) is 1. The van der Waals surface area contributed by atoms with Crippen LogP contribution in [0.15, 0.2) is 24.3 Å². The van der Waals surface area contributed by atoms with E-state index in [2.05, 4.69) is 11.8 Å². The molecule has 0 aromatic heterocycles. The van der Waals surface area contributed by atoms with E-state index in [0.29, 0.717) is 10.9 Å². The number of carbonyl (C=O) groups is 1. The van der Waals surface area contributed by atoms with Gasteiger partial charge in [-0.1, -0.05) is 24.9 Å². The first kappa shape index (κ1) is 15.8. The van der Waals surface area contributed by atoms with E-state index >= 15 is 0 Å². The molecule has 0 unspecified atom stereocenters. The molecule has 2 aliphatic heterocycles. The summed E-state index contributed by atoms with van der Waals surface area (Å²) < 4.78 is 0. The van der Waals surface area contributed by atoms with Crippen LogP contribution in [-0.2, 0) is 4.79 Å². The fraction of sp³-hybridized carbons (Fsp3) is 0.611. The van der Waals surface area contributed by atoms with Crippen molar-refractivity contribution >= 4 is 23.2 Å². The second-order valence-corrected chi connectivity index (χ2v) is 7.10. The van der Waals surface area contributed by atoms with E-state index in [1.54, 1.807) is 0 Å². The summed E-state index contributed by atoms with van der Waals surface area (Å²) in [6.07, 6.45) is 5.53. The van der Waals surface area contributed by atoms with Gasteiger partial charge in [-0.05, 0) is 69.6 Å². The largest absolute Gasteiger partial charge is 0.312 e. The van der Waals surface area contributed by atoms with E-state index in [9.17, 15) is 4.79 Å². The average molecular weight is 321 g/mol. The third-order valence-electron chi connectivity index (χ3n) is 5.29. The number of anilines is 1. The van der Waals surface area contributed by atoms with Crippen molar-refractivity contribution in [3.8, 4) is 0 Å². The van der Waals surface area contributed by atoms with Crippen LogP contribution in [0.3, 0.4) is 0 Å². The topological polar surface area (TPSA) is 23.6 Å². The summed E-state index contributed by atoms with van der Waals surface area (Å²) in [4.78, 5) is 17.4. The molecule has 4 heteroatoms. The number of hydrogen-bond donors (Lipinski definition) is 0. The van der Waals surface area contributed by atoms with Gasteiger partial charge >= 0.3 is 0 Å². The molecule has 3 nitrogen and oxygen atoms in total. The fourth-order valence-electron chi connectivity index (χ4n) is 3.74. The summed E-state index contributed by atoms with van der Waals surface area (Å²) in [5, 5.41) is 0.717. The van der Waals surface area contributed by atoms with Gasteiger partial charge in [-0.3, -0.25) is 4.79 Å². The van der Waals surface area contributed by atoms with Gasteiger partial charge in [0.05, 0.1) is 5.41 Å². The third-order valence-corrected chi connectivity index (χ3v) is 5.54. The number of hydrogen-bond acceptors (Lipinski definition) is 2. The molecule has 2 fully saturated rings. The second-order valence-electron chi connectivity index (χ2n) is 6.66. The molecule has 0 saturated carbocycles. The molecule has 1 spiro atoms. The molecular formula is C18H25ClN2O. The maximum atomic E-state index is 13.0. The highest BCUT2D eigenvalue weighted by Gasteiger charge is 2.48. The number of likely N-dealkylation sites (tertiary alicyclic amines) is 1. The summed E-state index contributed by atoms with van der Waals surface area (Å²) >= 11 is 5.95. The highest BCUT2D eigenvalue weighted by Crippen LogP contribution is 2.43. The maximum absolute atomic E-state index is 13.0. The highest BCUT2D eigenvalue weighted by molar-refractivity contribution is 6.30. The number of halogens is 1. The number of benzene rings is 1. The van der Waals surface area contributed by atoms with Gasteiger partial charge in [0.25, 0.3) is 0 Å². The Morgan fingerprint density at radius 2 is 1.73 bits per heavy atom. The van der Waals surface area contributed by atoms with Crippen LogP contribution in [-0.4, -0.2) is 37.0 Å².